The summed E-state index contributed by atoms with van der Waals surface area (Å²) in [5.41, 5.74) is 5.12. The van der Waals surface area contributed by atoms with Gasteiger partial charge in [-0.05, 0) is 0 Å². The molecule has 1 saturated heterocycles. The summed E-state index contributed by atoms with van der Waals surface area (Å²) in [7, 11) is 0. The minimum atomic E-state index is -0.939. The number of carboxylic acids is 1. The van der Waals surface area contributed by atoms with Crippen LogP contribution < -0.4 is 10.9 Å². The highest BCUT2D eigenvalue weighted by Crippen LogP contribution is 2.00. The molecule has 4 N–H and O–H groups in total. The number of aliphatic carboxylic acids is 1. The Hall–Kier alpha value is -0.650. The predicted octanol–water partition coefficient (Wildman–Crippen LogP) is -1.70. The van der Waals surface area contributed by atoms with E-state index < -0.39 is 18.1 Å². The van der Waals surface area contributed by atoms with Crippen LogP contribution in [-0.4, -0.2) is 34.9 Å². The molecule has 1 rings (SSSR count). The van der Waals surface area contributed by atoms with Gasteiger partial charge in [-0.3, -0.25) is 10.2 Å². The molecule has 0 bridgehead atoms. The Morgan fingerprint density at radius 2 is 2.30 bits per heavy atom. The van der Waals surface area contributed by atoms with Crippen LogP contribution >= 0.6 is 0 Å². The molecule has 0 spiro atoms. The zero-order valence-electron chi connectivity index (χ0n) is 5.37. The fourth-order valence-corrected chi connectivity index (χ4v) is 0.877. The summed E-state index contributed by atoms with van der Waals surface area (Å²) < 4.78 is 0. The van der Waals surface area contributed by atoms with Crippen LogP contribution in [0.2, 0.25) is 0 Å². The van der Waals surface area contributed by atoms with Gasteiger partial charge in [-0.25, -0.2) is 5.43 Å². The number of nitrogens with one attached hydrogen (secondary N) is 2. The van der Waals surface area contributed by atoms with Crippen molar-refractivity contribution in [3.8, 4) is 0 Å². The van der Waals surface area contributed by atoms with Crippen molar-refractivity contribution in [2.45, 2.75) is 18.6 Å². The highest BCUT2D eigenvalue weighted by atomic mass is 16.4. The summed E-state index contributed by atoms with van der Waals surface area (Å²) in [6.45, 7) is 0.407. The number of carboxylic acid groups (broad SMARTS) is 1. The molecule has 0 aliphatic carbocycles. The van der Waals surface area contributed by atoms with Gasteiger partial charge in [0.05, 0.1) is 6.10 Å². The first kappa shape index (κ1) is 7.46. The van der Waals surface area contributed by atoms with Gasteiger partial charge in [-0.2, -0.15) is 0 Å². The Labute approximate surface area is 58.0 Å². The molecule has 1 heterocycles. The third kappa shape index (κ3) is 1.66. The van der Waals surface area contributed by atoms with Crippen molar-refractivity contribution in [2.75, 3.05) is 6.54 Å². The first-order valence-corrected chi connectivity index (χ1v) is 3.09. The smallest absolute Gasteiger partial charge is 0.322 e. The molecule has 0 aromatic heterocycles. The molecule has 0 saturated carbocycles. The second kappa shape index (κ2) is 2.96. The summed E-state index contributed by atoms with van der Waals surface area (Å²) in [4.78, 5) is 10.3. The van der Waals surface area contributed by atoms with E-state index in [0.717, 1.165) is 0 Å². The minimum absolute atomic E-state index is 0.266. The van der Waals surface area contributed by atoms with E-state index in [1.807, 2.05) is 0 Å². The van der Waals surface area contributed by atoms with E-state index in [1.54, 1.807) is 0 Å². The van der Waals surface area contributed by atoms with Crippen LogP contribution in [-0.2, 0) is 4.79 Å². The zero-order valence-corrected chi connectivity index (χ0v) is 5.37. The van der Waals surface area contributed by atoms with Crippen molar-refractivity contribution in [3.63, 3.8) is 0 Å². The van der Waals surface area contributed by atoms with E-state index in [9.17, 15) is 4.79 Å². The van der Waals surface area contributed by atoms with Crippen molar-refractivity contribution >= 4 is 5.97 Å². The van der Waals surface area contributed by atoms with Crippen LogP contribution in [0.15, 0.2) is 0 Å². The third-order valence-corrected chi connectivity index (χ3v) is 1.42. The van der Waals surface area contributed by atoms with E-state index in [-0.39, 0.29) is 6.42 Å². The maximum absolute atomic E-state index is 10.3. The van der Waals surface area contributed by atoms with Crippen LogP contribution in [0.4, 0.5) is 0 Å². The van der Waals surface area contributed by atoms with E-state index in [0.29, 0.717) is 6.54 Å². The van der Waals surface area contributed by atoms with E-state index in [1.165, 1.54) is 0 Å². The van der Waals surface area contributed by atoms with Crippen LogP contribution in [0.5, 0.6) is 0 Å². The van der Waals surface area contributed by atoms with Crippen molar-refractivity contribution in [2.24, 2.45) is 0 Å². The normalized spacial score (nSPS) is 33.7. The largest absolute Gasteiger partial charge is 0.480 e. The Morgan fingerprint density at radius 1 is 1.60 bits per heavy atom. The van der Waals surface area contributed by atoms with Gasteiger partial charge in [0.1, 0.15) is 6.04 Å². The summed E-state index contributed by atoms with van der Waals surface area (Å²) in [6.07, 6.45) is -0.287. The number of rotatable bonds is 1. The number of hydrazine groups is 1. The molecule has 10 heavy (non-hydrogen) atoms. The average molecular weight is 146 g/mol. The van der Waals surface area contributed by atoms with Gasteiger partial charge < -0.3 is 10.2 Å². The molecule has 0 radical (unpaired) electrons. The molecule has 5 heteroatoms. The molecule has 0 amide bonds. The number of aliphatic hydroxyl groups is 1. The molecule has 1 aliphatic rings. The van der Waals surface area contributed by atoms with Gasteiger partial charge in [-0.15, -0.1) is 0 Å². The summed E-state index contributed by atoms with van der Waals surface area (Å²) in [5.74, 6) is -0.939. The van der Waals surface area contributed by atoms with Gasteiger partial charge >= 0.3 is 5.97 Å². The standard InChI is InChI=1S/C5H10N2O3/c8-3-1-4(5(9)10)7-6-2-3/h3-4,6-8H,1-2H2,(H,9,10)/t3-,4-/m0/s1. The van der Waals surface area contributed by atoms with Crippen molar-refractivity contribution < 1.29 is 15.0 Å². The fourth-order valence-electron chi connectivity index (χ4n) is 0.877. The highest BCUT2D eigenvalue weighted by molar-refractivity contribution is 5.73. The van der Waals surface area contributed by atoms with Crippen LogP contribution in [0, 0.1) is 0 Å². The molecule has 2 atom stereocenters. The lowest BCUT2D eigenvalue weighted by Crippen LogP contribution is -2.54. The quantitative estimate of drug-likeness (QED) is 0.354. The predicted molar refractivity (Wildman–Crippen MR) is 33.2 cm³/mol. The molecule has 0 unspecified atom stereocenters. The minimum Gasteiger partial charge on any atom is -0.480 e. The van der Waals surface area contributed by atoms with E-state index in [2.05, 4.69) is 10.9 Å². The first-order chi connectivity index (χ1) is 4.70. The first-order valence-electron chi connectivity index (χ1n) is 3.09. The number of hydrogen-bond donors (Lipinski definition) is 4. The Morgan fingerprint density at radius 3 is 2.70 bits per heavy atom. The molecular formula is C5H10N2O3. The zero-order chi connectivity index (χ0) is 7.56. The van der Waals surface area contributed by atoms with Crippen molar-refractivity contribution in [1.29, 1.82) is 0 Å². The molecule has 0 aromatic rings. The monoisotopic (exact) mass is 146 g/mol. The topological polar surface area (TPSA) is 81.6 Å². The lowest BCUT2D eigenvalue weighted by molar-refractivity contribution is -0.141. The number of β-amino-alcohol motifs (C(OH)–C–C–N with tert-alkyl or cyclic N) is 1. The lowest BCUT2D eigenvalue weighted by atomic mass is 10.1. The van der Waals surface area contributed by atoms with Crippen LogP contribution in [0.25, 0.3) is 0 Å². The molecule has 0 aromatic carbocycles. The number of aliphatic hydroxyl groups excluding tert-OH is 1. The second-order valence-electron chi connectivity index (χ2n) is 2.31. The van der Waals surface area contributed by atoms with Gasteiger partial charge in [0.25, 0.3) is 0 Å². The number of carbonyl (C=O) groups is 1. The summed E-state index contributed by atoms with van der Waals surface area (Å²) >= 11 is 0. The molecule has 58 valence electrons. The molecule has 1 fully saturated rings. The number of hydrogen-bond acceptors (Lipinski definition) is 4. The Kier molecular flexibility index (Phi) is 2.21. The van der Waals surface area contributed by atoms with Crippen molar-refractivity contribution in [1.82, 2.24) is 10.9 Å². The second-order valence-corrected chi connectivity index (χ2v) is 2.31. The van der Waals surface area contributed by atoms with Gasteiger partial charge in [0.2, 0.25) is 0 Å². The van der Waals surface area contributed by atoms with Crippen LogP contribution in [0.1, 0.15) is 6.42 Å². The van der Waals surface area contributed by atoms with Crippen molar-refractivity contribution in [3.05, 3.63) is 0 Å². The Bertz CT molecular complexity index is 139. The van der Waals surface area contributed by atoms with Gasteiger partial charge in [0.15, 0.2) is 0 Å². The van der Waals surface area contributed by atoms with E-state index in [4.69, 9.17) is 10.2 Å². The maximum Gasteiger partial charge on any atom is 0.322 e. The maximum atomic E-state index is 10.3. The third-order valence-electron chi connectivity index (χ3n) is 1.42. The molecular weight excluding hydrogens is 136 g/mol. The SMILES string of the molecule is O=C(O)[C@@H]1C[C@H](O)CNN1. The van der Waals surface area contributed by atoms with E-state index >= 15 is 0 Å². The Balaban J connectivity index is 2.39. The fraction of sp³-hybridized carbons (Fsp3) is 0.800. The summed E-state index contributed by atoms with van der Waals surface area (Å²) in [6, 6.07) is -0.663. The molecule has 5 nitrogen and oxygen atoms in total. The average Bonchev–Trinajstić information content (AvgIpc) is 1.88. The van der Waals surface area contributed by atoms with Gasteiger partial charge in [0, 0.05) is 13.0 Å². The van der Waals surface area contributed by atoms with Gasteiger partial charge in [-0.1, -0.05) is 0 Å². The van der Waals surface area contributed by atoms with Crippen LogP contribution in [0.3, 0.4) is 0 Å². The lowest BCUT2D eigenvalue weighted by Gasteiger charge is -2.24. The summed E-state index contributed by atoms with van der Waals surface area (Å²) in [5, 5.41) is 17.4. The highest BCUT2D eigenvalue weighted by Gasteiger charge is 2.24. The molecule has 1 aliphatic heterocycles.